The predicted molar refractivity (Wildman–Crippen MR) is 172 cm³/mol. The lowest BCUT2D eigenvalue weighted by atomic mass is 9.44. The normalized spacial score (nSPS) is 34.2. The Morgan fingerprint density at radius 3 is 2.17 bits per heavy atom. The van der Waals surface area contributed by atoms with Gasteiger partial charge in [-0.1, -0.05) is 53.4 Å². The van der Waals surface area contributed by atoms with Crippen LogP contribution in [-0.2, 0) is 10.7 Å². The molecule has 1 aromatic carbocycles. The van der Waals surface area contributed by atoms with Crippen molar-refractivity contribution < 1.29 is 39.9 Å². The molecule has 2 unspecified atom stereocenters. The Balaban J connectivity index is 1.13. The van der Waals surface area contributed by atoms with Crippen LogP contribution in [0.15, 0.2) is 18.2 Å². The second kappa shape index (κ2) is 13.1. The highest BCUT2D eigenvalue weighted by Gasteiger charge is 2.82. The van der Waals surface area contributed by atoms with Gasteiger partial charge in [-0.15, -0.1) is 0 Å². The zero-order chi connectivity index (χ0) is 35.5. The lowest BCUT2D eigenvalue weighted by Gasteiger charge is -2.61. The lowest BCUT2D eigenvalue weighted by molar-refractivity contribution is -0.431. The number of rotatable bonds is 12. The number of hydrogen-bond acceptors (Lipinski definition) is 3. The highest BCUT2D eigenvalue weighted by atomic mass is 19.4. The molecule has 3 nitrogen and oxygen atoms in total. The molecular weight excluding hydrogens is 640 g/mol. The molecule has 0 radical (unpaired) electrons. The van der Waals surface area contributed by atoms with Crippen LogP contribution >= 0.6 is 0 Å². The fourth-order valence-corrected chi connectivity index (χ4v) is 11.1. The highest BCUT2D eigenvalue weighted by Crippen LogP contribution is 2.68. The molecule has 0 bridgehead atoms. The molecule has 0 amide bonds. The van der Waals surface area contributed by atoms with Crippen molar-refractivity contribution in [3.8, 4) is 0 Å². The molecule has 4 aliphatic rings. The van der Waals surface area contributed by atoms with Gasteiger partial charge >= 0.3 is 23.9 Å². The molecule has 9 atom stereocenters. The number of benzene rings is 1. The third kappa shape index (κ3) is 6.12. The molecule has 0 aromatic heterocycles. The fraction of sp³-hybridized carbons (Fsp3) is 0.838. The van der Waals surface area contributed by atoms with Gasteiger partial charge in [0.05, 0.1) is 12.2 Å². The average Bonchev–Trinajstić information content (AvgIpc) is 3.36. The maximum Gasteiger partial charge on any atom is 0.426 e. The summed E-state index contributed by atoms with van der Waals surface area (Å²) in [5, 5.41) is 0. The number of nitrogens with two attached hydrogens (primary N) is 2. The molecule has 4 saturated carbocycles. The van der Waals surface area contributed by atoms with Crippen LogP contribution < -0.4 is 11.5 Å². The van der Waals surface area contributed by atoms with Crippen molar-refractivity contribution in [2.24, 2.45) is 52.3 Å². The predicted octanol–water partition coefficient (Wildman–Crippen LogP) is 11.3. The Morgan fingerprint density at radius 1 is 0.792 bits per heavy atom. The molecule has 0 aliphatic heterocycles. The van der Waals surface area contributed by atoms with E-state index in [1.165, 1.54) is 71.1 Å². The van der Waals surface area contributed by atoms with Crippen molar-refractivity contribution in [1.82, 2.24) is 0 Å². The summed E-state index contributed by atoms with van der Waals surface area (Å²) in [7, 11) is 0. The second-order valence-corrected chi connectivity index (χ2v) is 16.5. The molecule has 5 rings (SSSR count). The van der Waals surface area contributed by atoms with Crippen LogP contribution in [0.25, 0.3) is 0 Å². The van der Waals surface area contributed by atoms with Gasteiger partial charge in [0, 0.05) is 11.4 Å². The average molecular weight is 695 g/mol. The summed E-state index contributed by atoms with van der Waals surface area (Å²) in [5.41, 5.74) is 8.45. The van der Waals surface area contributed by atoms with E-state index in [4.69, 9.17) is 11.5 Å². The Kier molecular flexibility index (Phi) is 10.2. The van der Waals surface area contributed by atoms with E-state index in [0.717, 1.165) is 36.2 Å². The minimum absolute atomic E-state index is 0.195. The molecule has 0 saturated heterocycles. The van der Waals surface area contributed by atoms with Gasteiger partial charge in [0.15, 0.2) is 0 Å². The quantitative estimate of drug-likeness (QED) is 0.169. The summed E-state index contributed by atoms with van der Waals surface area (Å²) in [6.07, 6.45) is 9.03. The minimum Gasteiger partial charge on any atom is -0.399 e. The van der Waals surface area contributed by atoms with Crippen LogP contribution in [0.2, 0.25) is 0 Å². The van der Waals surface area contributed by atoms with Gasteiger partial charge in [0.25, 0.3) is 0 Å². The van der Waals surface area contributed by atoms with Gasteiger partial charge in [-0.2, -0.15) is 35.1 Å². The van der Waals surface area contributed by atoms with Crippen LogP contribution in [0.1, 0.15) is 117 Å². The minimum atomic E-state index is -6.55. The maximum absolute atomic E-state index is 14.7. The van der Waals surface area contributed by atoms with E-state index < -0.39 is 47.7 Å². The van der Waals surface area contributed by atoms with Gasteiger partial charge < -0.3 is 16.2 Å². The first-order valence-corrected chi connectivity index (χ1v) is 18.0. The summed E-state index contributed by atoms with van der Waals surface area (Å²) in [4.78, 5) is 0. The van der Waals surface area contributed by atoms with Crippen LogP contribution in [0.4, 0.5) is 46.5 Å². The van der Waals surface area contributed by atoms with Crippen LogP contribution in [0, 0.1) is 52.3 Å². The van der Waals surface area contributed by atoms with Gasteiger partial charge in [-0.05, 0) is 128 Å². The zero-order valence-electron chi connectivity index (χ0n) is 28.8. The molecule has 11 heteroatoms. The molecule has 274 valence electrons. The maximum atomic E-state index is 14.7. The summed E-state index contributed by atoms with van der Waals surface area (Å²) < 4.78 is 121. The molecule has 4 N–H and O–H groups in total. The van der Waals surface area contributed by atoms with Gasteiger partial charge in [0.2, 0.25) is 0 Å². The van der Waals surface area contributed by atoms with E-state index >= 15 is 0 Å². The van der Waals surface area contributed by atoms with Crippen molar-refractivity contribution >= 4 is 11.4 Å². The zero-order valence-corrected chi connectivity index (χ0v) is 28.8. The molecule has 48 heavy (non-hydrogen) atoms. The molecule has 0 spiro atoms. The van der Waals surface area contributed by atoms with Crippen LogP contribution in [0.3, 0.4) is 0 Å². The Labute approximate surface area is 280 Å². The van der Waals surface area contributed by atoms with E-state index in [9.17, 15) is 35.1 Å². The van der Waals surface area contributed by atoms with Crippen molar-refractivity contribution in [1.29, 1.82) is 0 Å². The summed E-state index contributed by atoms with van der Waals surface area (Å²) in [5.74, 6) is -15.4. The first kappa shape index (κ1) is 37.5. The smallest absolute Gasteiger partial charge is 0.399 e. The van der Waals surface area contributed by atoms with Crippen molar-refractivity contribution in [3.05, 3.63) is 23.8 Å². The van der Waals surface area contributed by atoms with Gasteiger partial charge in [-0.25, -0.2) is 0 Å². The van der Waals surface area contributed by atoms with E-state index in [1.54, 1.807) is 0 Å². The largest absolute Gasteiger partial charge is 0.426 e. The third-order valence-electron chi connectivity index (χ3n) is 13.8. The first-order valence-electron chi connectivity index (χ1n) is 18.0. The number of anilines is 2. The standard InChI is InChI=1S/C37H54F8N2O/c1-22(21-48-37(44,45)36(42,43)35(40,41)34(38,39)30-14-12-25(46)20-31(30)47)8-7-9-23(2)27-15-16-28-26-13-11-24-10-5-6-18-32(24,3)29(26)17-19-33(27,28)4/h12,14,20,22-24,26-29H,5-11,13,15-19,21,46-47H2,1-4H3/t22?,23-,24?,26+,27-,28+,29+,32+,33-/m1/s1. The number of hydrogen-bond donors (Lipinski definition) is 2. The van der Waals surface area contributed by atoms with Gasteiger partial charge in [0.1, 0.15) is 0 Å². The number of ether oxygens (including phenoxy) is 1. The molecule has 4 aliphatic carbocycles. The highest BCUT2D eigenvalue weighted by molar-refractivity contribution is 5.58. The molecular formula is C37H54F8N2O. The van der Waals surface area contributed by atoms with E-state index in [0.29, 0.717) is 42.2 Å². The lowest BCUT2D eigenvalue weighted by Crippen LogP contribution is -2.62. The van der Waals surface area contributed by atoms with E-state index in [-0.39, 0.29) is 11.1 Å². The molecule has 1 aromatic rings. The van der Waals surface area contributed by atoms with Crippen LogP contribution in [-0.4, -0.2) is 24.6 Å². The van der Waals surface area contributed by atoms with E-state index in [1.807, 2.05) is 0 Å². The number of nitrogen functional groups attached to an aromatic ring is 2. The number of alkyl halides is 8. The SMILES string of the molecule is CC(CCC[C@@H](C)[C@H]1CC[C@H]2[C@@H]3CCC4CCCC[C@]4(C)[C@H]3CC[C@]12C)COC(F)(F)C(F)(F)C(F)(F)C(F)(F)c1ccc(N)cc1N. The Bertz CT molecular complexity index is 1290. The fourth-order valence-electron chi connectivity index (χ4n) is 11.1. The number of halogens is 8. The summed E-state index contributed by atoms with van der Waals surface area (Å²) in [6, 6.07) is 1.71. The Hall–Kier alpha value is -1.78. The molecule has 0 heterocycles. The second-order valence-electron chi connectivity index (χ2n) is 16.5. The molecule has 4 fully saturated rings. The van der Waals surface area contributed by atoms with Crippen molar-refractivity contribution in [2.75, 3.05) is 18.1 Å². The van der Waals surface area contributed by atoms with Crippen LogP contribution in [0.5, 0.6) is 0 Å². The topological polar surface area (TPSA) is 61.3 Å². The summed E-state index contributed by atoms with van der Waals surface area (Å²) in [6.45, 7) is 7.81. The first-order chi connectivity index (χ1) is 22.2. The van der Waals surface area contributed by atoms with Crippen molar-refractivity contribution in [3.63, 3.8) is 0 Å². The number of fused-ring (bicyclic) bond motifs is 5. The van der Waals surface area contributed by atoms with Gasteiger partial charge in [-0.3, -0.25) is 0 Å². The third-order valence-corrected chi connectivity index (χ3v) is 13.8. The van der Waals surface area contributed by atoms with Crippen molar-refractivity contribution in [2.45, 2.75) is 135 Å². The van der Waals surface area contributed by atoms with E-state index in [2.05, 4.69) is 25.5 Å². The Morgan fingerprint density at radius 2 is 1.48 bits per heavy atom. The summed E-state index contributed by atoms with van der Waals surface area (Å²) >= 11 is 0. The monoisotopic (exact) mass is 694 g/mol.